The molecule has 9 atom stereocenters. The van der Waals surface area contributed by atoms with Crippen molar-refractivity contribution in [2.75, 3.05) is 27.4 Å². The van der Waals surface area contributed by atoms with Gasteiger partial charge in [-0.15, -0.1) is 0 Å². The summed E-state index contributed by atoms with van der Waals surface area (Å²) in [5.74, 6) is 0.268. The molecule has 0 amide bonds. The Balaban J connectivity index is 1.91. The number of rotatable bonds is 9. The first kappa shape index (κ1) is 22.8. The van der Waals surface area contributed by atoms with Crippen molar-refractivity contribution < 1.29 is 32.6 Å². The van der Waals surface area contributed by atoms with E-state index in [9.17, 15) is 4.57 Å². The molecule has 0 aromatic carbocycles. The van der Waals surface area contributed by atoms with Crippen LogP contribution in [0.2, 0.25) is 0 Å². The fraction of sp³-hybridized carbons (Fsp3) is 1.00. The summed E-state index contributed by atoms with van der Waals surface area (Å²) < 4.78 is 46.5. The molecule has 0 radical (unpaired) electrons. The van der Waals surface area contributed by atoms with Crippen LogP contribution in [-0.2, 0) is 32.6 Å². The molecule has 0 aliphatic carbocycles. The molecule has 2 fully saturated rings. The Labute approximate surface area is 164 Å². The van der Waals surface area contributed by atoms with Gasteiger partial charge in [0.15, 0.2) is 0 Å². The van der Waals surface area contributed by atoms with Crippen molar-refractivity contribution in [3.63, 3.8) is 0 Å². The topological polar surface area (TPSA) is 72.5 Å². The van der Waals surface area contributed by atoms with Gasteiger partial charge in [-0.2, -0.15) is 0 Å². The van der Waals surface area contributed by atoms with Gasteiger partial charge in [0, 0.05) is 32.1 Å². The van der Waals surface area contributed by atoms with Crippen molar-refractivity contribution in [3.8, 4) is 0 Å². The maximum Gasteiger partial charge on any atom is 0.386 e. The van der Waals surface area contributed by atoms with E-state index >= 15 is 0 Å². The fourth-order valence-corrected chi connectivity index (χ4v) is 5.54. The molecule has 148 valence electrons. The van der Waals surface area contributed by atoms with Gasteiger partial charge in [-0.05, 0) is 0 Å². The third kappa shape index (κ3) is 5.32. The molecule has 26 heavy (non-hydrogen) atoms. The van der Waals surface area contributed by atoms with E-state index in [0.717, 1.165) is 7.17 Å². The van der Waals surface area contributed by atoms with Crippen molar-refractivity contribution in [2.45, 2.75) is 50.3 Å². The van der Waals surface area contributed by atoms with Crippen LogP contribution in [0.1, 0.15) is 13.8 Å². The van der Waals surface area contributed by atoms with Crippen molar-refractivity contribution >= 4 is 41.8 Å². The fourth-order valence-electron chi connectivity index (χ4n) is 3.95. The Morgan fingerprint density at radius 3 is 2.38 bits per heavy atom. The average Bonchev–Trinajstić information content (AvgIpc) is 3.04. The van der Waals surface area contributed by atoms with Crippen molar-refractivity contribution in [1.82, 2.24) is 0 Å². The zero-order valence-corrected chi connectivity index (χ0v) is 18.3. The summed E-state index contributed by atoms with van der Waals surface area (Å²) in [7, 11) is 8.13. The quantitative estimate of drug-likeness (QED) is 0.313. The average molecular weight is 406 g/mol. The second-order valence-electron chi connectivity index (χ2n) is 7.21. The van der Waals surface area contributed by atoms with Gasteiger partial charge >= 0.3 is 6.80 Å². The second-order valence-corrected chi connectivity index (χ2v) is 10.1. The highest BCUT2D eigenvalue weighted by Crippen LogP contribution is 2.56. The molecule has 12 heteroatoms. The van der Waals surface area contributed by atoms with Crippen LogP contribution < -0.4 is 0 Å². The highest BCUT2D eigenvalue weighted by molar-refractivity contribution is 8.44. The predicted molar refractivity (Wildman–Crippen MR) is 110 cm³/mol. The van der Waals surface area contributed by atoms with E-state index in [4.69, 9.17) is 28.0 Å². The molecule has 0 N–H and O–H groups in total. The summed E-state index contributed by atoms with van der Waals surface area (Å²) in [4.78, 5) is 0. The van der Waals surface area contributed by atoms with Gasteiger partial charge in [-0.1, -0.05) is 26.1 Å². The van der Waals surface area contributed by atoms with Gasteiger partial charge in [-0.3, -0.25) is 9.05 Å². The van der Waals surface area contributed by atoms with Gasteiger partial charge in [0.1, 0.15) is 21.1 Å². The van der Waals surface area contributed by atoms with E-state index in [1.165, 1.54) is 0 Å². The number of thiol groups is 1. The molecule has 7 nitrogen and oxygen atoms in total. The van der Waals surface area contributed by atoms with Crippen LogP contribution >= 0.6 is 19.0 Å². The predicted octanol–water partition coefficient (Wildman–Crippen LogP) is -0.573. The molecule has 0 bridgehead atoms. The highest BCUT2D eigenvalue weighted by atomic mass is 32.7. The number of ether oxygens (including phenoxy) is 4. The van der Waals surface area contributed by atoms with Crippen LogP contribution in [0.5, 0.6) is 0 Å². The smallest absolute Gasteiger partial charge is 0.382 e. The zero-order valence-electron chi connectivity index (χ0n) is 16.5. The summed E-state index contributed by atoms with van der Waals surface area (Å²) in [5, 5.41) is 0. The summed E-state index contributed by atoms with van der Waals surface area (Å²) >= 11 is 4.15. The normalized spacial score (nSPS) is 42.7. The third-order valence-corrected chi connectivity index (χ3v) is 7.05. The molecular formula is C14H30B3O7PS. The van der Waals surface area contributed by atoms with Crippen LogP contribution in [0, 0.1) is 11.8 Å². The molecule has 2 heterocycles. The molecule has 2 rings (SSSR count). The lowest BCUT2D eigenvalue weighted by Crippen LogP contribution is -2.32. The standard InChI is InChI=1S/C14H30B3O7PS/c1-7-9(5-19-3)22-13(15)12(7)24-25(18,26)21-6-10-11(20-4)8(2)14(17-16)23-10/h7-14,17H,5-6,15-16H2,1-4H3,(H,18,26)/t7?,8-,9+,10+,11?,12-,13+,14+,25?/m0/s1. The van der Waals surface area contributed by atoms with E-state index in [2.05, 4.69) is 26.9 Å². The lowest BCUT2D eigenvalue weighted by Gasteiger charge is -2.25. The van der Waals surface area contributed by atoms with Gasteiger partial charge < -0.3 is 18.9 Å². The Bertz CT molecular complexity index is 505. The zero-order chi connectivity index (χ0) is 19.5. The first-order valence-corrected chi connectivity index (χ1v) is 11.9. The molecular weight excluding hydrogens is 376 g/mol. The molecule has 2 aliphatic heterocycles. The van der Waals surface area contributed by atoms with Gasteiger partial charge in [0.25, 0.3) is 0 Å². The first-order chi connectivity index (χ1) is 12.2. The highest BCUT2D eigenvalue weighted by Gasteiger charge is 2.45. The summed E-state index contributed by atoms with van der Waals surface area (Å²) in [5.41, 5.74) is 0. The Kier molecular flexibility index (Phi) is 8.63. The molecule has 0 aromatic rings. The number of hydrogen-bond acceptors (Lipinski definition) is 7. The molecule has 2 saturated heterocycles. The largest absolute Gasteiger partial charge is 0.386 e. The lowest BCUT2D eigenvalue weighted by molar-refractivity contribution is -0.0213. The van der Waals surface area contributed by atoms with E-state index < -0.39 is 6.80 Å². The summed E-state index contributed by atoms with van der Waals surface area (Å²) in [6.45, 7) is 1.09. The maximum atomic E-state index is 12.7. The molecule has 0 spiro atoms. The SMILES string of the molecule is BB[C@@H]1O[C@H](COP(=O)(S)O[C@H]2C(C)[C@@H](COC)O[C@H]2B)C(OC)[C@@H]1C. The van der Waals surface area contributed by atoms with Crippen LogP contribution in [0.15, 0.2) is 0 Å². The third-order valence-electron chi connectivity index (χ3n) is 5.44. The minimum absolute atomic E-state index is 0.0213. The second kappa shape index (κ2) is 9.83. The minimum Gasteiger partial charge on any atom is -0.382 e. The van der Waals surface area contributed by atoms with E-state index in [0.29, 0.717) is 6.61 Å². The molecule has 3 unspecified atom stereocenters. The van der Waals surface area contributed by atoms with Gasteiger partial charge in [0.2, 0.25) is 0 Å². The lowest BCUT2D eigenvalue weighted by atomic mass is 9.49. The van der Waals surface area contributed by atoms with Crippen LogP contribution in [0.3, 0.4) is 0 Å². The monoisotopic (exact) mass is 406 g/mol. The van der Waals surface area contributed by atoms with Gasteiger partial charge in [0.05, 0.1) is 45.3 Å². The summed E-state index contributed by atoms with van der Waals surface area (Å²) in [6, 6.07) is -0.111. The Morgan fingerprint density at radius 2 is 1.81 bits per heavy atom. The van der Waals surface area contributed by atoms with Crippen LogP contribution in [0.25, 0.3) is 0 Å². The van der Waals surface area contributed by atoms with E-state index in [1.54, 1.807) is 14.2 Å². The minimum atomic E-state index is -3.56. The van der Waals surface area contributed by atoms with E-state index in [1.807, 2.05) is 14.8 Å². The molecule has 0 aromatic heterocycles. The van der Waals surface area contributed by atoms with Crippen molar-refractivity contribution in [2.24, 2.45) is 11.8 Å². The molecule has 2 aliphatic rings. The molecule has 0 saturated carbocycles. The number of hydrogen-bond donors (Lipinski definition) is 1. The maximum absolute atomic E-state index is 12.7. The van der Waals surface area contributed by atoms with Crippen LogP contribution in [-0.4, -0.2) is 86.6 Å². The van der Waals surface area contributed by atoms with Crippen molar-refractivity contribution in [1.29, 1.82) is 0 Å². The Morgan fingerprint density at radius 1 is 1.12 bits per heavy atom. The number of methoxy groups -OCH3 is 2. The summed E-state index contributed by atoms with van der Waals surface area (Å²) in [6.07, 6.45) is -0.869. The van der Waals surface area contributed by atoms with Gasteiger partial charge in [-0.25, -0.2) is 4.57 Å². The van der Waals surface area contributed by atoms with Crippen LogP contribution in [0.4, 0.5) is 0 Å². The van der Waals surface area contributed by atoms with Crippen molar-refractivity contribution in [3.05, 3.63) is 0 Å². The Hall–Kier alpha value is 0.535. The first-order valence-electron chi connectivity index (χ1n) is 9.22. The van der Waals surface area contributed by atoms with E-state index in [-0.39, 0.29) is 54.9 Å².